The smallest absolute Gasteiger partial charge is 0.239 e. The minimum atomic E-state index is -0.720. The standard InChI is InChI=1S/C19H16ClN3O3S/c1-26-13-6-7-15-16(10-13)27-19(21-15)22-17(24)14-8-9-23(18(14)25)12-4-2-11(20)3-5-12/h2-7,10,14H,8-9H2,1H3,(H,21,22,24). The molecule has 0 spiro atoms. The van der Waals surface area contributed by atoms with E-state index in [-0.39, 0.29) is 11.8 Å². The number of hydrogen-bond donors (Lipinski definition) is 1. The van der Waals surface area contributed by atoms with E-state index in [9.17, 15) is 9.59 Å². The number of ether oxygens (including phenoxy) is 1. The Morgan fingerprint density at radius 3 is 2.81 bits per heavy atom. The number of thiazole rings is 1. The third-order valence-electron chi connectivity index (χ3n) is 4.49. The van der Waals surface area contributed by atoms with E-state index in [4.69, 9.17) is 16.3 Å². The van der Waals surface area contributed by atoms with Crippen LogP contribution in [0, 0.1) is 5.92 Å². The Morgan fingerprint density at radius 1 is 1.30 bits per heavy atom. The molecule has 2 heterocycles. The Labute approximate surface area is 164 Å². The van der Waals surface area contributed by atoms with Gasteiger partial charge >= 0.3 is 0 Å². The van der Waals surface area contributed by atoms with Crippen LogP contribution >= 0.6 is 22.9 Å². The van der Waals surface area contributed by atoms with Crippen molar-refractivity contribution in [1.29, 1.82) is 0 Å². The van der Waals surface area contributed by atoms with Crippen molar-refractivity contribution >= 4 is 55.8 Å². The molecule has 0 radical (unpaired) electrons. The largest absolute Gasteiger partial charge is 0.497 e. The summed E-state index contributed by atoms with van der Waals surface area (Å²) < 4.78 is 6.11. The molecular formula is C19H16ClN3O3S. The summed E-state index contributed by atoms with van der Waals surface area (Å²) >= 11 is 7.25. The summed E-state index contributed by atoms with van der Waals surface area (Å²) in [6, 6.07) is 12.5. The van der Waals surface area contributed by atoms with Crippen molar-refractivity contribution in [2.24, 2.45) is 5.92 Å². The predicted octanol–water partition coefficient (Wildman–Crippen LogP) is 3.95. The Kier molecular flexibility index (Phi) is 4.72. The predicted molar refractivity (Wildman–Crippen MR) is 107 cm³/mol. The maximum atomic E-state index is 12.7. The van der Waals surface area contributed by atoms with Crippen LogP contribution < -0.4 is 15.0 Å². The Hall–Kier alpha value is -2.64. The van der Waals surface area contributed by atoms with E-state index in [1.54, 1.807) is 36.3 Å². The molecule has 3 aromatic rings. The number of amides is 2. The average molecular weight is 402 g/mol. The highest BCUT2D eigenvalue weighted by Crippen LogP contribution is 2.31. The molecule has 6 nitrogen and oxygen atoms in total. The molecule has 1 N–H and O–H groups in total. The molecule has 2 aromatic carbocycles. The first-order valence-corrected chi connectivity index (χ1v) is 9.57. The van der Waals surface area contributed by atoms with Crippen LogP contribution in [0.4, 0.5) is 10.8 Å². The summed E-state index contributed by atoms with van der Waals surface area (Å²) in [6.07, 6.45) is 0.464. The van der Waals surface area contributed by atoms with Gasteiger partial charge in [0.25, 0.3) is 0 Å². The normalized spacial score (nSPS) is 16.7. The number of hydrogen-bond acceptors (Lipinski definition) is 5. The summed E-state index contributed by atoms with van der Waals surface area (Å²) in [5, 5.41) is 3.86. The van der Waals surface area contributed by atoms with Crippen LogP contribution in [-0.2, 0) is 9.59 Å². The number of nitrogens with one attached hydrogen (secondary N) is 1. The van der Waals surface area contributed by atoms with E-state index in [1.807, 2.05) is 18.2 Å². The van der Waals surface area contributed by atoms with Crippen molar-refractivity contribution < 1.29 is 14.3 Å². The summed E-state index contributed by atoms with van der Waals surface area (Å²) in [7, 11) is 1.60. The zero-order valence-corrected chi connectivity index (χ0v) is 16.0. The molecule has 0 bridgehead atoms. The summed E-state index contributed by atoms with van der Waals surface area (Å²) in [5.74, 6) is -0.532. The lowest BCUT2D eigenvalue weighted by molar-refractivity contribution is -0.129. The number of nitrogens with zero attached hydrogens (tertiary/aromatic N) is 2. The number of methoxy groups -OCH3 is 1. The van der Waals surface area contributed by atoms with Gasteiger partial charge in [-0.1, -0.05) is 22.9 Å². The van der Waals surface area contributed by atoms with E-state index in [1.165, 1.54) is 11.3 Å². The first-order valence-electron chi connectivity index (χ1n) is 8.37. The average Bonchev–Trinajstić information content (AvgIpc) is 3.24. The van der Waals surface area contributed by atoms with Crippen LogP contribution in [0.1, 0.15) is 6.42 Å². The number of anilines is 2. The Bertz CT molecular complexity index is 1020. The number of carbonyl (C=O) groups is 2. The molecule has 0 aliphatic carbocycles. The fourth-order valence-corrected chi connectivity index (χ4v) is 4.10. The van der Waals surface area contributed by atoms with Crippen molar-refractivity contribution in [2.45, 2.75) is 6.42 Å². The van der Waals surface area contributed by atoms with Gasteiger partial charge in [0.1, 0.15) is 11.7 Å². The van der Waals surface area contributed by atoms with Gasteiger partial charge in [-0.15, -0.1) is 0 Å². The topological polar surface area (TPSA) is 71.5 Å². The third-order valence-corrected chi connectivity index (χ3v) is 5.67. The third kappa shape index (κ3) is 3.48. The van der Waals surface area contributed by atoms with Gasteiger partial charge in [-0.05, 0) is 48.9 Å². The summed E-state index contributed by atoms with van der Waals surface area (Å²) in [5.41, 5.74) is 1.52. The summed E-state index contributed by atoms with van der Waals surface area (Å²) in [6.45, 7) is 0.496. The van der Waals surface area contributed by atoms with E-state index in [0.29, 0.717) is 23.1 Å². The number of aromatic nitrogens is 1. The van der Waals surface area contributed by atoms with E-state index in [0.717, 1.165) is 21.7 Å². The SMILES string of the molecule is COc1ccc2nc(NC(=O)C3CCN(c4ccc(Cl)cc4)C3=O)sc2c1. The molecule has 27 heavy (non-hydrogen) atoms. The molecule has 1 fully saturated rings. The fourth-order valence-electron chi connectivity index (χ4n) is 3.08. The van der Waals surface area contributed by atoms with Gasteiger partial charge < -0.3 is 15.0 Å². The lowest BCUT2D eigenvalue weighted by atomic mass is 10.1. The minimum Gasteiger partial charge on any atom is -0.497 e. The number of fused-ring (bicyclic) bond motifs is 1. The number of halogens is 1. The second-order valence-corrected chi connectivity index (χ2v) is 7.62. The van der Waals surface area contributed by atoms with Crippen LogP contribution in [-0.4, -0.2) is 30.5 Å². The zero-order chi connectivity index (χ0) is 19.0. The highest BCUT2D eigenvalue weighted by molar-refractivity contribution is 7.22. The molecule has 1 unspecified atom stereocenters. The van der Waals surface area contributed by atoms with Gasteiger partial charge in [0.05, 0.1) is 17.3 Å². The van der Waals surface area contributed by atoms with Crippen molar-refractivity contribution in [3.05, 3.63) is 47.5 Å². The Morgan fingerprint density at radius 2 is 2.07 bits per heavy atom. The molecule has 1 aromatic heterocycles. The van der Waals surface area contributed by atoms with Gasteiger partial charge in [0, 0.05) is 17.3 Å². The number of benzene rings is 2. The van der Waals surface area contributed by atoms with Crippen LogP contribution in [0.15, 0.2) is 42.5 Å². The zero-order valence-electron chi connectivity index (χ0n) is 14.4. The van der Waals surface area contributed by atoms with Crippen molar-refractivity contribution in [2.75, 3.05) is 23.9 Å². The fraction of sp³-hybridized carbons (Fsp3) is 0.211. The van der Waals surface area contributed by atoms with Crippen LogP contribution in [0.25, 0.3) is 10.2 Å². The van der Waals surface area contributed by atoms with Gasteiger partial charge in [0.15, 0.2) is 5.13 Å². The Balaban J connectivity index is 1.48. The molecular weight excluding hydrogens is 386 g/mol. The van der Waals surface area contributed by atoms with Gasteiger partial charge in [-0.2, -0.15) is 0 Å². The summed E-state index contributed by atoms with van der Waals surface area (Å²) in [4.78, 5) is 31.3. The van der Waals surface area contributed by atoms with Gasteiger partial charge in [-0.3, -0.25) is 9.59 Å². The molecule has 4 rings (SSSR count). The monoisotopic (exact) mass is 401 g/mol. The molecule has 1 aliphatic heterocycles. The van der Waals surface area contributed by atoms with Crippen molar-refractivity contribution in [3.63, 3.8) is 0 Å². The van der Waals surface area contributed by atoms with Gasteiger partial charge in [0.2, 0.25) is 11.8 Å². The molecule has 2 amide bonds. The van der Waals surface area contributed by atoms with Crippen LogP contribution in [0.2, 0.25) is 5.02 Å². The van der Waals surface area contributed by atoms with Crippen molar-refractivity contribution in [3.8, 4) is 5.75 Å². The molecule has 0 saturated carbocycles. The molecule has 1 aliphatic rings. The molecule has 1 saturated heterocycles. The first-order chi connectivity index (χ1) is 13.0. The molecule has 8 heteroatoms. The first kappa shape index (κ1) is 17.8. The van der Waals surface area contributed by atoms with E-state index in [2.05, 4.69) is 10.3 Å². The maximum Gasteiger partial charge on any atom is 0.239 e. The molecule has 1 atom stereocenters. The molecule has 138 valence electrons. The second kappa shape index (κ2) is 7.17. The minimum absolute atomic E-state index is 0.211. The number of rotatable bonds is 4. The van der Waals surface area contributed by atoms with Crippen molar-refractivity contribution in [1.82, 2.24) is 4.98 Å². The lowest BCUT2D eigenvalue weighted by Gasteiger charge is -2.16. The van der Waals surface area contributed by atoms with Gasteiger partial charge in [-0.25, -0.2) is 4.98 Å². The van der Waals surface area contributed by atoms with E-state index >= 15 is 0 Å². The maximum absolute atomic E-state index is 12.7. The quantitative estimate of drug-likeness (QED) is 0.672. The van der Waals surface area contributed by atoms with E-state index < -0.39 is 5.92 Å². The van der Waals surface area contributed by atoms with Crippen LogP contribution in [0.3, 0.4) is 0 Å². The number of carbonyl (C=O) groups excluding carboxylic acids is 2. The highest BCUT2D eigenvalue weighted by atomic mass is 35.5. The second-order valence-electron chi connectivity index (χ2n) is 6.15. The highest BCUT2D eigenvalue weighted by Gasteiger charge is 2.37. The lowest BCUT2D eigenvalue weighted by Crippen LogP contribution is -2.33. The van der Waals surface area contributed by atoms with Crippen LogP contribution in [0.5, 0.6) is 5.75 Å².